The minimum absolute atomic E-state index is 0.365. The molecule has 2 aromatic heterocycles. The molecule has 0 atom stereocenters. The van der Waals surface area contributed by atoms with Gasteiger partial charge in [-0.1, -0.05) is 0 Å². The van der Waals surface area contributed by atoms with Crippen molar-refractivity contribution in [1.29, 1.82) is 0 Å². The van der Waals surface area contributed by atoms with E-state index in [0.29, 0.717) is 11.7 Å². The van der Waals surface area contributed by atoms with Crippen LogP contribution in [-0.2, 0) is 0 Å². The number of fused-ring (bicyclic) bond motifs is 1. The summed E-state index contributed by atoms with van der Waals surface area (Å²) in [5.41, 5.74) is 7.66. The first-order valence-corrected chi connectivity index (χ1v) is 6.43. The van der Waals surface area contributed by atoms with Gasteiger partial charge in [0.05, 0.1) is 19.9 Å². The van der Waals surface area contributed by atoms with E-state index in [9.17, 15) is 0 Å². The third-order valence-electron chi connectivity index (χ3n) is 2.86. The molecule has 0 spiro atoms. The van der Waals surface area contributed by atoms with Gasteiger partial charge in [0, 0.05) is 17.0 Å². The summed E-state index contributed by atoms with van der Waals surface area (Å²) >= 11 is 1.48. The zero-order valence-electron chi connectivity index (χ0n) is 10.5. The summed E-state index contributed by atoms with van der Waals surface area (Å²) in [4.78, 5) is 0.755. The lowest BCUT2D eigenvalue weighted by molar-refractivity contribution is 0.395. The van der Waals surface area contributed by atoms with Gasteiger partial charge in [-0.25, -0.2) is 0 Å². The molecule has 0 radical (unpaired) electrons. The van der Waals surface area contributed by atoms with Crippen LogP contribution in [0.25, 0.3) is 16.2 Å². The van der Waals surface area contributed by atoms with E-state index in [1.807, 2.05) is 23.6 Å². The summed E-state index contributed by atoms with van der Waals surface area (Å²) < 4.78 is 12.4. The number of thiazole rings is 1. The Morgan fingerprint density at radius 1 is 1.21 bits per heavy atom. The molecule has 0 fully saturated rings. The van der Waals surface area contributed by atoms with Gasteiger partial charge in [-0.15, -0.1) is 21.5 Å². The Labute approximate surface area is 113 Å². The van der Waals surface area contributed by atoms with Crippen molar-refractivity contribution in [2.75, 3.05) is 20.0 Å². The molecular formula is C12H12N4O2S. The number of hydrogen-bond acceptors (Lipinski definition) is 6. The quantitative estimate of drug-likeness (QED) is 0.792. The lowest BCUT2D eigenvalue weighted by atomic mass is 10.1. The maximum absolute atomic E-state index is 5.84. The van der Waals surface area contributed by atoms with E-state index in [0.717, 1.165) is 22.0 Å². The predicted octanol–water partition coefficient (Wildman–Crippen LogP) is 2.06. The molecule has 0 aliphatic heterocycles. The molecule has 98 valence electrons. The zero-order valence-corrected chi connectivity index (χ0v) is 11.3. The molecule has 3 aromatic rings. The van der Waals surface area contributed by atoms with Gasteiger partial charge in [-0.05, 0) is 12.1 Å². The summed E-state index contributed by atoms with van der Waals surface area (Å²) in [6.45, 7) is 0. The number of ether oxygens (including phenoxy) is 2. The van der Waals surface area contributed by atoms with Crippen LogP contribution in [0.15, 0.2) is 23.6 Å². The molecular weight excluding hydrogens is 264 g/mol. The van der Waals surface area contributed by atoms with E-state index in [1.54, 1.807) is 18.6 Å². The maximum Gasteiger partial charge on any atom is 0.227 e. The molecule has 0 aliphatic carbocycles. The maximum atomic E-state index is 5.84. The lowest BCUT2D eigenvalue weighted by Crippen LogP contribution is -1.96. The van der Waals surface area contributed by atoms with E-state index in [-0.39, 0.29) is 0 Å². The molecule has 3 rings (SSSR count). The third kappa shape index (κ3) is 1.78. The van der Waals surface area contributed by atoms with Crippen molar-refractivity contribution in [2.45, 2.75) is 0 Å². The van der Waals surface area contributed by atoms with Crippen LogP contribution in [0.1, 0.15) is 0 Å². The number of aromatic nitrogens is 3. The Balaban J connectivity index is 2.23. The highest BCUT2D eigenvalue weighted by Gasteiger charge is 2.15. The summed E-state index contributed by atoms with van der Waals surface area (Å²) in [7, 11) is 3.24. The molecule has 0 bridgehead atoms. The van der Waals surface area contributed by atoms with Crippen molar-refractivity contribution >= 4 is 22.2 Å². The molecule has 0 amide bonds. The van der Waals surface area contributed by atoms with Crippen molar-refractivity contribution in [1.82, 2.24) is 14.6 Å². The fourth-order valence-electron chi connectivity index (χ4n) is 1.94. The van der Waals surface area contributed by atoms with Gasteiger partial charge in [0.2, 0.25) is 10.9 Å². The first kappa shape index (κ1) is 11.8. The number of methoxy groups -OCH3 is 2. The highest BCUT2D eigenvalue weighted by Crippen LogP contribution is 2.36. The number of rotatable bonds is 3. The summed E-state index contributed by atoms with van der Waals surface area (Å²) in [5.74, 6) is 1.82. The highest BCUT2D eigenvalue weighted by atomic mass is 32.1. The van der Waals surface area contributed by atoms with E-state index in [1.165, 1.54) is 11.3 Å². The molecule has 2 N–H and O–H groups in total. The van der Waals surface area contributed by atoms with Crippen molar-refractivity contribution in [3.05, 3.63) is 23.6 Å². The van der Waals surface area contributed by atoms with Crippen LogP contribution in [0.2, 0.25) is 0 Å². The van der Waals surface area contributed by atoms with Crippen molar-refractivity contribution in [2.24, 2.45) is 0 Å². The number of nitrogen functional groups attached to an aromatic ring is 1. The fraction of sp³-hybridized carbons (Fsp3) is 0.167. The Morgan fingerprint density at radius 2 is 2.05 bits per heavy atom. The van der Waals surface area contributed by atoms with Crippen LogP contribution in [0, 0.1) is 0 Å². The van der Waals surface area contributed by atoms with Gasteiger partial charge >= 0.3 is 0 Å². The monoisotopic (exact) mass is 276 g/mol. The SMILES string of the molecule is COc1ccc(-c2csc3nnc(N)n23)c(OC)c1. The highest BCUT2D eigenvalue weighted by molar-refractivity contribution is 7.15. The Bertz CT molecular complexity index is 734. The molecule has 19 heavy (non-hydrogen) atoms. The molecule has 0 unspecified atom stereocenters. The number of anilines is 1. The number of nitrogens with two attached hydrogens (primary N) is 1. The molecule has 6 nitrogen and oxygen atoms in total. The zero-order chi connectivity index (χ0) is 13.4. The van der Waals surface area contributed by atoms with Crippen LogP contribution < -0.4 is 15.2 Å². The number of hydrogen-bond donors (Lipinski definition) is 1. The topological polar surface area (TPSA) is 74.7 Å². The van der Waals surface area contributed by atoms with Crippen LogP contribution in [0.3, 0.4) is 0 Å². The average molecular weight is 276 g/mol. The summed E-state index contributed by atoms with van der Waals surface area (Å²) in [6.07, 6.45) is 0. The third-order valence-corrected chi connectivity index (χ3v) is 3.68. The van der Waals surface area contributed by atoms with Gasteiger partial charge in [-0.2, -0.15) is 0 Å². The second-order valence-electron chi connectivity index (χ2n) is 3.86. The van der Waals surface area contributed by atoms with Crippen molar-refractivity contribution < 1.29 is 9.47 Å². The molecule has 7 heteroatoms. The molecule has 0 saturated heterocycles. The smallest absolute Gasteiger partial charge is 0.227 e. The fourth-order valence-corrected chi connectivity index (χ4v) is 2.77. The van der Waals surface area contributed by atoms with Gasteiger partial charge in [-0.3, -0.25) is 4.40 Å². The van der Waals surface area contributed by atoms with Gasteiger partial charge in [0.25, 0.3) is 0 Å². The largest absolute Gasteiger partial charge is 0.497 e. The molecule has 0 saturated carbocycles. The van der Waals surface area contributed by atoms with Gasteiger partial charge in [0.1, 0.15) is 11.5 Å². The second-order valence-corrected chi connectivity index (χ2v) is 4.70. The van der Waals surface area contributed by atoms with E-state index in [2.05, 4.69) is 10.2 Å². The second kappa shape index (κ2) is 4.43. The first-order chi connectivity index (χ1) is 9.24. The molecule has 0 aliphatic rings. The van der Waals surface area contributed by atoms with Crippen LogP contribution in [0.4, 0.5) is 5.95 Å². The van der Waals surface area contributed by atoms with Crippen LogP contribution in [-0.4, -0.2) is 28.8 Å². The average Bonchev–Trinajstić information content (AvgIpc) is 3.01. The van der Waals surface area contributed by atoms with E-state index in [4.69, 9.17) is 15.2 Å². The van der Waals surface area contributed by atoms with Crippen LogP contribution in [0.5, 0.6) is 11.5 Å². The first-order valence-electron chi connectivity index (χ1n) is 5.55. The molecule has 2 heterocycles. The molecule has 1 aromatic carbocycles. The normalized spacial score (nSPS) is 10.8. The Hall–Kier alpha value is -2.28. The summed E-state index contributed by atoms with van der Waals surface area (Å²) in [6, 6.07) is 5.64. The summed E-state index contributed by atoms with van der Waals surface area (Å²) in [5, 5.41) is 9.84. The number of nitrogens with zero attached hydrogens (tertiary/aromatic N) is 3. The van der Waals surface area contributed by atoms with Crippen molar-refractivity contribution in [3.63, 3.8) is 0 Å². The van der Waals surface area contributed by atoms with Crippen LogP contribution >= 0.6 is 11.3 Å². The minimum Gasteiger partial charge on any atom is -0.497 e. The number of benzene rings is 1. The lowest BCUT2D eigenvalue weighted by Gasteiger charge is -2.09. The minimum atomic E-state index is 0.365. The standard InChI is InChI=1S/C12H12N4O2S/c1-17-7-3-4-8(10(5-7)18-2)9-6-19-12-15-14-11(13)16(9)12/h3-6H,1-2H3,(H2,13,14). The van der Waals surface area contributed by atoms with Crippen molar-refractivity contribution in [3.8, 4) is 22.8 Å². The van der Waals surface area contributed by atoms with Gasteiger partial charge in [0.15, 0.2) is 0 Å². The van der Waals surface area contributed by atoms with E-state index >= 15 is 0 Å². The van der Waals surface area contributed by atoms with E-state index < -0.39 is 0 Å². The predicted molar refractivity (Wildman–Crippen MR) is 73.8 cm³/mol. The Morgan fingerprint density at radius 3 is 2.79 bits per heavy atom. The Kier molecular flexibility index (Phi) is 2.75. The van der Waals surface area contributed by atoms with Gasteiger partial charge < -0.3 is 15.2 Å².